The maximum atomic E-state index is 13.3. The Kier molecular flexibility index (Phi) is 4.98. The number of halogens is 2. The predicted molar refractivity (Wildman–Crippen MR) is 75.3 cm³/mol. The number of sulfonamides is 1. The SMILES string of the molecule is CCC(C)(C)N(C)S(=O)(=O)c1cc(F)ccc1CCl. The van der Waals surface area contributed by atoms with E-state index in [1.807, 2.05) is 20.8 Å². The smallest absolute Gasteiger partial charge is 0.207 e. The summed E-state index contributed by atoms with van der Waals surface area (Å²) in [6.45, 7) is 5.55. The lowest BCUT2D eigenvalue weighted by atomic mass is 10.0. The molecule has 1 aromatic rings. The molecule has 0 radical (unpaired) electrons. The van der Waals surface area contributed by atoms with Crippen LogP contribution < -0.4 is 0 Å². The summed E-state index contributed by atoms with van der Waals surface area (Å²) in [6, 6.07) is 3.64. The van der Waals surface area contributed by atoms with Crippen molar-refractivity contribution in [3.63, 3.8) is 0 Å². The van der Waals surface area contributed by atoms with Crippen molar-refractivity contribution in [1.82, 2.24) is 4.31 Å². The first kappa shape index (κ1) is 16.4. The molecule has 0 fully saturated rings. The fourth-order valence-corrected chi connectivity index (χ4v) is 3.69. The van der Waals surface area contributed by atoms with Crippen molar-refractivity contribution in [3.05, 3.63) is 29.6 Å². The summed E-state index contributed by atoms with van der Waals surface area (Å²) in [5, 5.41) is 0. The van der Waals surface area contributed by atoms with Crippen molar-refractivity contribution in [2.24, 2.45) is 0 Å². The first-order valence-electron chi connectivity index (χ1n) is 6.00. The van der Waals surface area contributed by atoms with Crippen LogP contribution in [0.25, 0.3) is 0 Å². The predicted octanol–water partition coefficient (Wildman–Crippen LogP) is 3.37. The monoisotopic (exact) mass is 307 g/mol. The van der Waals surface area contributed by atoms with Crippen LogP contribution in [0.4, 0.5) is 4.39 Å². The summed E-state index contributed by atoms with van der Waals surface area (Å²) in [5.74, 6) is -0.565. The van der Waals surface area contributed by atoms with Crippen LogP contribution in [0.15, 0.2) is 23.1 Å². The lowest BCUT2D eigenvalue weighted by Crippen LogP contribution is -2.44. The van der Waals surface area contributed by atoms with E-state index in [9.17, 15) is 12.8 Å². The Balaban J connectivity index is 3.39. The van der Waals surface area contributed by atoms with Crippen molar-refractivity contribution in [2.75, 3.05) is 7.05 Å². The Morgan fingerprint density at radius 2 is 1.95 bits per heavy atom. The number of hydrogen-bond donors (Lipinski definition) is 0. The van der Waals surface area contributed by atoms with Gasteiger partial charge in [-0.1, -0.05) is 13.0 Å². The van der Waals surface area contributed by atoms with Gasteiger partial charge in [-0.15, -0.1) is 11.6 Å². The number of benzene rings is 1. The highest BCUT2D eigenvalue weighted by Gasteiger charge is 2.34. The van der Waals surface area contributed by atoms with E-state index >= 15 is 0 Å². The molecule has 0 saturated heterocycles. The average molecular weight is 308 g/mol. The molecule has 19 heavy (non-hydrogen) atoms. The van der Waals surface area contributed by atoms with Crippen molar-refractivity contribution in [1.29, 1.82) is 0 Å². The summed E-state index contributed by atoms with van der Waals surface area (Å²) in [6.07, 6.45) is 0.647. The number of alkyl halides is 1. The van der Waals surface area contributed by atoms with Crippen LogP contribution in [-0.4, -0.2) is 25.3 Å². The van der Waals surface area contributed by atoms with Gasteiger partial charge in [0, 0.05) is 18.5 Å². The van der Waals surface area contributed by atoms with Gasteiger partial charge in [0.05, 0.1) is 4.90 Å². The van der Waals surface area contributed by atoms with Gasteiger partial charge in [-0.05, 0) is 38.0 Å². The molecule has 108 valence electrons. The first-order chi connectivity index (χ1) is 8.66. The van der Waals surface area contributed by atoms with E-state index in [1.165, 1.54) is 23.5 Å². The zero-order valence-corrected chi connectivity index (χ0v) is 13.1. The Hall–Kier alpha value is -0.650. The lowest BCUT2D eigenvalue weighted by Gasteiger charge is -2.34. The van der Waals surface area contributed by atoms with Gasteiger partial charge in [-0.2, -0.15) is 4.31 Å². The van der Waals surface area contributed by atoms with E-state index in [0.29, 0.717) is 12.0 Å². The summed E-state index contributed by atoms with van der Waals surface area (Å²) >= 11 is 5.74. The van der Waals surface area contributed by atoms with Gasteiger partial charge in [0.15, 0.2) is 0 Å². The van der Waals surface area contributed by atoms with Gasteiger partial charge in [0.2, 0.25) is 10.0 Å². The third-order valence-electron chi connectivity index (χ3n) is 3.53. The standard InChI is InChI=1S/C13H19ClFNO2S/c1-5-13(2,3)16(4)19(17,18)12-8-11(15)7-6-10(12)9-14/h6-8H,5,9H2,1-4H3. The van der Waals surface area contributed by atoms with E-state index in [4.69, 9.17) is 11.6 Å². The number of rotatable bonds is 5. The highest BCUT2D eigenvalue weighted by atomic mass is 35.5. The van der Waals surface area contributed by atoms with Crippen LogP contribution in [-0.2, 0) is 15.9 Å². The second kappa shape index (κ2) is 5.77. The molecule has 0 aliphatic heterocycles. The van der Waals surface area contributed by atoms with E-state index in [-0.39, 0.29) is 10.8 Å². The molecule has 0 unspecified atom stereocenters. The minimum atomic E-state index is -3.77. The summed E-state index contributed by atoms with van der Waals surface area (Å²) < 4.78 is 39.7. The van der Waals surface area contributed by atoms with E-state index < -0.39 is 21.4 Å². The lowest BCUT2D eigenvalue weighted by molar-refractivity contribution is 0.257. The Morgan fingerprint density at radius 3 is 2.42 bits per heavy atom. The van der Waals surface area contributed by atoms with Gasteiger partial charge >= 0.3 is 0 Å². The highest BCUT2D eigenvalue weighted by molar-refractivity contribution is 7.89. The third kappa shape index (κ3) is 3.27. The fraction of sp³-hybridized carbons (Fsp3) is 0.538. The number of hydrogen-bond acceptors (Lipinski definition) is 2. The van der Waals surface area contributed by atoms with Crippen molar-refractivity contribution in [3.8, 4) is 0 Å². The van der Waals surface area contributed by atoms with Crippen LogP contribution >= 0.6 is 11.6 Å². The Bertz CT molecular complexity index is 558. The minimum Gasteiger partial charge on any atom is -0.207 e. The second-order valence-corrected chi connectivity index (χ2v) is 7.23. The quantitative estimate of drug-likeness (QED) is 0.782. The van der Waals surface area contributed by atoms with Crippen LogP contribution in [0.1, 0.15) is 32.8 Å². The van der Waals surface area contributed by atoms with Crippen molar-refractivity contribution >= 4 is 21.6 Å². The van der Waals surface area contributed by atoms with Gasteiger partial charge in [0.25, 0.3) is 0 Å². The third-order valence-corrected chi connectivity index (χ3v) is 5.97. The van der Waals surface area contributed by atoms with E-state index in [2.05, 4.69) is 0 Å². The Labute approximate surface area is 119 Å². The normalized spacial score (nSPS) is 13.0. The Morgan fingerprint density at radius 1 is 1.37 bits per heavy atom. The molecule has 0 atom stereocenters. The maximum Gasteiger partial charge on any atom is 0.243 e. The molecule has 0 spiro atoms. The van der Waals surface area contributed by atoms with E-state index in [0.717, 1.165) is 6.07 Å². The van der Waals surface area contributed by atoms with Crippen LogP contribution in [0.2, 0.25) is 0 Å². The minimum absolute atomic E-state index is 0.0231. The molecule has 0 amide bonds. The van der Waals surface area contributed by atoms with Gasteiger partial charge in [-0.25, -0.2) is 12.8 Å². The molecule has 0 bridgehead atoms. The molecule has 1 rings (SSSR count). The molecule has 3 nitrogen and oxygen atoms in total. The summed E-state index contributed by atoms with van der Waals surface area (Å²) in [5.41, 5.74) is -0.142. The molecule has 0 N–H and O–H groups in total. The fourth-order valence-electron chi connectivity index (χ4n) is 1.57. The molecular weight excluding hydrogens is 289 g/mol. The summed E-state index contributed by atoms with van der Waals surface area (Å²) in [7, 11) is -2.26. The topological polar surface area (TPSA) is 37.4 Å². The van der Waals surface area contributed by atoms with Crippen LogP contribution in [0.5, 0.6) is 0 Å². The van der Waals surface area contributed by atoms with Gasteiger partial charge in [0.1, 0.15) is 5.82 Å². The first-order valence-corrected chi connectivity index (χ1v) is 7.97. The van der Waals surface area contributed by atoms with Crippen molar-refractivity contribution < 1.29 is 12.8 Å². The molecule has 6 heteroatoms. The largest absolute Gasteiger partial charge is 0.243 e. The molecule has 0 aliphatic rings. The average Bonchev–Trinajstić information content (AvgIpc) is 2.37. The highest BCUT2D eigenvalue weighted by Crippen LogP contribution is 2.28. The molecule has 0 aliphatic carbocycles. The zero-order chi connectivity index (χ0) is 14.8. The second-order valence-electron chi connectivity index (χ2n) is 5.02. The molecule has 0 aromatic heterocycles. The molecule has 0 saturated carbocycles. The molecule has 0 heterocycles. The molecule has 1 aromatic carbocycles. The van der Waals surface area contributed by atoms with Crippen LogP contribution in [0, 0.1) is 5.82 Å². The summed E-state index contributed by atoms with van der Waals surface area (Å²) in [4.78, 5) is -0.0634. The zero-order valence-electron chi connectivity index (χ0n) is 11.6. The van der Waals surface area contributed by atoms with E-state index in [1.54, 1.807) is 0 Å². The van der Waals surface area contributed by atoms with Crippen LogP contribution in [0.3, 0.4) is 0 Å². The van der Waals surface area contributed by atoms with Gasteiger partial charge in [-0.3, -0.25) is 0 Å². The maximum absolute atomic E-state index is 13.3. The number of nitrogens with zero attached hydrogens (tertiary/aromatic N) is 1. The molecular formula is C13H19ClFNO2S. The van der Waals surface area contributed by atoms with Crippen molar-refractivity contribution in [2.45, 2.75) is 43.5 Å². The van der Waals surface area contributed by atoms with Gasteiger partial charge < -0.3 is 0 Å².